The maximum atomic E-state index is 13.3. The molecule has 1 aromatic heterocycles. The summed E-state index contributed by atoms with van der Waals surface area (Å²) < 4.78 is 0. The standard InChI is InChI=1S/C24H33N7O7/c1-12(2)20(23(36)30-18(24(37)38)9-19(26)33)31-22(35)17(7-13-3-5-15(32)6-4-13)29-21(34)16(25)8-14-10-27-11-28-14/h3-6,10-12,16-18,20,32H,7-9,25H2,1-2H3,(H2,26,33)(H,27,28)(H,29,34)(H,30,36)(H,31,35)(H,37,38). The molecule has 0 aliphatic rings. The number of hydrogen-bond donors (Lipinski definition) is 8. The molecule has 14 heteroatoms. The molecule has 1 heterocycles. The van der Waals surface area contributed by atoms with Crippen molar-refractivity contribution in [1.29, 1.82) is 0 Å². The Morgan fingerprint density at radius 3 is 2.11 bits per heavy atom. The highest BCUT2D eigenvalue weighted by Gasteiger charge is 2.32. The molecule has 14 nitrogen and oxygen atoms in total. The average molecular weight is 532 g/mol. The fourth-order valence-electron chi connectivity index (χ4n) is 3.53. The number of primary amides is 1. The van der Waals surface area contributed by atoms with Gasteiger partial charge in [-0.05, 0) is 23.6 Å². The lowest BCUT2D eigenvalue weighted by Gasteiger charge is -2.27. The number of nitrogens with one attached hydrogen (secondary N) is 4. The van der Waals surface area contributed by atoms with Crippen molar-refractivity contribution in [3.63, 3.8) is 0 Å². The predicted molar refractivity (Wildman–Crippen MR) is 134 cm³/mol. The normalized spacial score (nSPS) is 14.1. The first kappa shape index (κ1) is 29.8. The summed E-state index contributed by atoms with van der Waals surface area (Å²) in [6, 6.07) is 1.02. The topological polar surface area (TPSA) is 243 Å². The minimum Gasteiger partial charge on any atom is -0.508 e. The number of aromatic hydroxyl groups is 1. The molecule has 2 rings (SSSR count). The van der Waals surface area contributed by atoms with E-state index in [9.17, 15) is 34.2 Å². The molecule has 1 aromatic carbocycles. The van der Waals surface area contributed by atoms with Crippen molar-refractivity contribution < 1.29 is 34.2 Å². The number of benzene rings is 1. The predicted octanol–water partition coefficient (Wildman–Crippen LogP) is -1.70. The number of nitrogens with zero attached hydrogens (tertiary/aromatic N) is 1. The van der Waals surface area contributed by atoms with Gasteiger partial charge in [-0.15, -0.1) is 0 Å². The fraction of sp³-hybridized carbons (Fsp3) is 0.417. The van der Waals surface area contributed by atoms with Crippen molar-refractivity contribution >= 4 is 29.6 Å². The third kappa shape index (κ3) is 9.20. The quantitative estimate of drug-likeness (QED) is 0.138. The number of nitrogens with two attached hydrogens (primary N) is 2. The second-order valence-electron chi connectivity index (χ2n) is 9.12. The summed E-state index contributed by atoms with van der Waals surface area (Å²) in [6.07, 6.45) is 2.46. The highest BCUT2D eigenvalue weighted by atomic mass is 16.4. The van der Waals surface area contributed by atoms with Gasteiger partial charge in [-0.1, -0.05) is 26.0 Å². The Labute approximate surface area is 218 Å². The van der Waals surface area contributed by atoms with Gasteiger partial charge in [-0.25, -0.2) is 9.78 Å². The van der Waals surface area contributed by atoms with Crippen molar-refractivity contribution in [2.24, 2.45) is 17.4 Å². The minimum absolute atomic E-state index is 0.000488. The number of imidazole rings is 1. The molecule has 4 amide bonds. The number of carboxylic acids is 1. The maximum absolute atomic E-state index is 13.3. The number of carboxylic acid groups (broad SMARTS) is 1. The minimum atomic E-state index is -1.58. The molecule has 0 saturated carbocycles. The van der Waals surface area contributed by atoms with Crippen molar-refractivity contribution in [2.75, 3.05) is 0 Å². The molecule has 0 fully saturated rings. The van der Waals surface area contributed by atoms with Crippen LogP contribution in [0, 0.1) is 5.92 Å². The number of aromatic amines is 1. The molecule has 206 valence electrons. The summed E-state index contributed by atoms with van der Waals surface area (Å²) in [4.78, 5) is 68.3. The lowest BCUT2D eigenvalue weighted by molar-refractivity contribution is -0.144. The van der Waals surface area contributed by atoms with Gasteiger partial charge in [0, 0.05) is 24.7 Å². The van der Waals surface area contributed by atoms with Gasteiger partial charge in [0.2, 0.25) is 23.6 Å². The summed E-state index contributed by atoms with van der Waals surface area (Å²) in [5, 5.41) is 26.2. The Morgan fingerprint density at radius 2 is 1.58 bits per heavy atom. The zero-order valence-electron chi connectivity index (χ0n) is 21.0. The Morgan fingerprint density at radius 1 is 0.947 bits per heavy atom. The molecule has 0 saturated heterocycles. The van der Waals surface area contributed by atoms with E-state index in [0.717, 1.165) is 0 Å². The summed E-state index contributed by atoms with van der Waals surface area (Å²) in [6.45, 7) is 3.25. The number of aromatic nitrogens is 2. The van der Waals surface area contributed by atoms with Crippen LogP contribution in [0.15, 0.2) is 36.8 Å². The number of amides is 4. The number of phenolic OH excluding ortho intramolecular Hbond substituents is 1. The van der Waals surface area contributed by atoms with Gasteiger partial charge in [-0.3, -0.25) is 19.2 Å². The summed E-state index contributed by atoms with van der Waals surface area (Å²) in [5.41, 5.74) is 12.3. The van der Waals surface area contributed by atoms with E-state index in [-0.39, 0.29) is 18.6 Å². The van der Waals surface area contributed by atoms with E-state index in [0.29, 0.717) is 11.3 Å². The number of aliphatic carboxylic acids is 1. The number of phenols is 1. The van der Waals surface area contributed by atoms with Gasteiger partial charge in [0.25, 0.3) is 0 Å². The van der Waals surface area contributed by atoms with E-state index in [1.165, 1.54) is 24.7 Å². The summed E-state index contributed by atoms with van der Waals surface area (Å²) in [7, 11) is 0. The lowest BCUT2D eigenvalue weighted by atomic mass is 10.00. The van der Waals surface area contributed by atoms with Gasteiger partial charge >= 0.3 is 5.97 Å². The van der Waals surface area contributed by atoms with Crippen LogP contribution < -0.4 is 27.4 Å². The Bertz CT molecular complexity index is 1120. The zero-order valence-corrected chi connectivity index (χ0v) is 21.0. The SMILES string of the molecule is CC(C)C(NC(=O)C(Cc1ccc(O)cc1)NC(=O)C(N)Cc1cnc[nH]1)C(=O)NC(CC(N)=O)C(=O)O. The van der Waals surface area contributed by atoms with Crippen LogP contribution in [-0.2, 0) is 36.8 Å². The Balaban J connectivity index is 2.21. The molecular formula is C24H33N7O7. The van der Waals surface area contributed by atoms with Gasteiger partial charge in [0.1, 0.15) is 23.9 Å². The van der Waals surface area contributed by atoms with Crippen LogP contribution in [0.1, 0.15) is 31.5 Å². The molecule has 4 unspecified atom stereocenters. The first-order valence-electron chi connectivity index (χ1n) is 11.8. The second-order valence-corrected chi connectivity index (χ2v) is 9.12. The second kappa shape index (κ2) is 13.7. The first-order valence-corrected chi connectivity index (χ1v) is 11.8. The average Bonchev–Trinajstić information content (AvgIpc) is 3.35. The van der Waals surface area contributed by atoms with Crippen LogP contribution in [0.3, 0.4) is 0 Å². The van der Waals surface area contributed by atoms with Gasteiger partial charge in [0.15, 0.2) is 0 Å². The third-order valence-electron chi connectivity index (χ3n) is 5.61. The first-order chi connectivity index (χ1) is 17.9. The molecule has 2 aromatic rings. The molecule has 0 bridgehead atoms. The van der Waals surface area contributed by atoms with E-state index in [4.69, 9.17) is 11.5 Å². The highest BCUT2D eigenvalue weighted by molar-refractivity contribution is 5.95. The van der Waals surface area contributed by atoms with Gasteiger partial charge in [0.05, 0.1) is 18.8 Å². The van der Waals surface area contributed by atoms with Gasteiger partial charge in [-0.2, -0.15) is 0 Å². The van der Waals surface area contributed by atoms with Gasteiger partial charge < -0.3 is 42.6 Å². The molecule has 0 aliphatic heterocycles. The van der Waals surface area contributed by atoms with Crippen molar-refractivity contribution in [1.82, 2.24) is 25.9 Å². The number of rotatable bonds is 14. The van der Waals surface area contributed by atoms with Crippen LogP contribution in [0.25, 0.3) is 0 Å². The van der Waals surface area contributed by atoms with E-state index in [1.54, 1.807) is 26.0 Å². The summed E-state index contributed by atoms with van der Waals surface area (Å²) in [5.74, 6) is -5.06. The molecule has 0 radical (unpaired) electrons. The third-order valence-corrected chi connectivity index (χ3v) is 5.61. The zero-order chi connectivity index (χ0) is 28.4. The van der Waals surface area contributed by atoms with Crippen molar-refractivity contribution in [3.8, 4) is 5.75 Å². The number of carbonyl (C=O) groups excluding carboxylic acids is 4. The van der Waals surface area contributed by atoms with E-state index >= 15 is 0 Å². The fourth-order valence-corrected chi connectivity index (χ4v) is 3.53. The molecule has 38 heavy (non-hydrogen) atoms. The van der Waals surface area contributed by atoms with Crippen LogP contribution >= 0.6 is 0 Å². The van der Waals surface area contributed by atoms with Crippen LogP contribution in [0.5, 0.6) is 5.75 Å². The van der Waals surface area contributed by atoms with Crippen LogP contribution in [0.2, 0.25) is 0 Å². The molecular weight excluding hydrogens is 498 g/mol. The number of carbonyl (C=O) groups is 5. The van der Waals surface area contributed by atoms with Crippen molar-refractivity contribution in [3.05, 3.63) is 48.0 Å². The Kier molecular flexibility index (Phi) is 10.8. The monoisotopic (exact) mass is 531 g/mol. The molecule has 0 aliphatic carbocycles. The van der Waals surface area contributed by atoms with E-state index in [1.807, 2.05) is 0 Å². The molecule has 10 N–H and O–H groups in total. The van der Waals surface area contributed by atoms with Crippen LogP contribution in [0.4, 0.5) is 0 Å². The lowest BCUT2D eigenvalue weighted by Crippen LogP contribution is -2.59. The van der Waals surface area contributed by atoms with E-state index < -0.39 is 66.1 Å². The van der Waals surface area contributed by atoms with Crippen molar-refractivity contribution in [2.45, 2.75) is 57.3 Å². The molecule has 4 atom stereocenters. The number of hydrogen-bond acceptors (Lipinski definition) is 8. The van der Waals surface area contributed by atoms with Crippen LogP contribution in [-0.4, -0.2) is 73.9 Å². The molecule has 0 spiro atoms. The summed E-state index contributed by atoms with van der Waals surface area (Å²) >= 11 is 0. The van der Waals surface area contributed by atoms with E-state index in [2.05, 4.69) is 25.9 Å². The highest BCUT2D eigenvalue weighted by Crippen LogP contribution is 2.13. The Hall–Kier alpha value is -4.46. The smallest absolute Gasteiger partial charge is 0.326 e. The maximum Gasteiger partial charge on any atom is 0.326 e. The number of H-pyrrole nitrogens is 1. The largest absolute Gasteiger partial charge is 0.508 e.